The molecule has 0 aliphatic heterocycles. The van der Waals surface area contributed by atoms with Gasteiger partial charge in [0.25, 0.3) is 0 Å². The van der Waals surface area contributed by atoms with Crippen molar-refractivity contribution >= 4 is 11.9 Å². The maximum Gasteiger partial charge on any atom is 0.305 e. The van der Waals surface area contributed by atoms with E-state index in [4.69, 9.17) is 5.11 Å². The number of carboxylic acid groups (broad SMARTS) is 1. The van der Waals surface area contributed by atoms with Crippen molar-refractivity contribution < 1.29 is 14.7 Å². The van der Waals surface area contributed by atoms with Gasteiger partial charge in [-0.3, -0.25) is 14.5 Å². The topological polar surface area (TPSA) is 69.6 Å². The number of carboxylic acids is 1. The molecule has 0 heterocycles. The number of rotatable bonds is 6. The molecule has 0 aromatic heterocycles. The lowest BCUT2D eigenvalue weighted by molar-refractivity contribution is -0.137. The molecule has 0 saturated heterocycles. The zero-order valence-corrected chi connectivity index (χ0v) is 8.91. The van der Waals surface area contributed by atoms with Gasteiger partial charge in [-0.15, -0.1) is 0 Å². The van der Waals surface area contributed by atoms with Gasteiger partial charge in [0.15, 0.2) is 0 Å². The van der Waals surface area contributed by atoms with Crippen LogP contribution in [0, 0.1) is 0 Å². The summed E-state index contributed by atoms with van der Waals surface area (Å²) in [6, 6.07) is -0.177. The Hall–Kier alpha value is -1.10. The van der Waals surface area contributed by atoms with Gasteiger partial charge in [-0.1, -0.05) is 6.92 Å². The fourth-order valence-corrected chi connectivity index (χ4v) is 1.20. The van der Waals surface area contributed by atoms with Crippen molar-refractivity contribution in [3.63, 3.8) is 0 Å². The molecule has 14 heavy (non-hydrogen) atoms. The Balaban J connectivity index is 3.87. The minimum atomic E-state index is -0.900. The van der Waals surface area contributed by atoms with Crippen LogP contribution in [0.25, 0.3) is 0 Å². The van der Waals surface area contributed by atoms with Gasteiger partial charge in [0.2, 0.25) is 5.91 Å². The Morgan fingerprint density at radius 3 is 2.36 bits per heavy atom. The largest absolute Gasteiger partial charge is 0.481 e. The molecule has 1 unspecified atom stereocenters. The normalized spacial score (nSPS) is 12.6. The standard InChI is InChI=1S/C9H18N2O3/c1-4-7(11(2)3)9(14)10-6-5-8(12)13/h7H,4-6H2,1-3H3,(H,10,14)(H,12,13)/i1+1. The number of amides is 1. The monoisotopic (exact) mass is 203 g/mol. The van der Waals surface area contributed by atoms with Crippen LogP contribution in [-0.2, 0) is 9.59 Å². The molecule has 0 radical (unpaired) electrons. The molecule has 2 N–H and O–H groups in total. The number of carbonyl (C=O) groups excluding carboxylic acids is 1. The Kier molecular flexibility index (Phi) is 5.87. The summed E-state index contributed by atoms with van der Waals surface area (Å²) >= 11 is 0. The number of aliphatic carboxylic acids is 1. The summed E-state index contributed by atoms with van der Waals surface area (Å²) < 4.78 is 0. The minimum absolute atomic E-state index is 0.0321. The summed E-state index contributed by atoms with van der Waals surface area (Å²) in [5.74, 6) is -1.01. The smallest absolute Gasteiger partial charge is 0.305 e. The molecule has 0 aromatic carbocycles. The lowest BCUT2D eigenvalue weighted by atomic mass is 10.2. The number of likely N-dealkylation sites (N-methyl/N-ethyl adjacent to an activating group) is 1. The molecular formula is C9H18N2O3. The Morgan fingerprint density at radius 2 is 2.00 bits per heavy atom. The van der Waals surface area contributed by atoms with E-state index in [-0.39, 0.29) is 24.9 Å². The van der Waals surface area contributed by atoms with Gasteiger partial charge in [-0.05, 0) is 20.5 Å². The first kappa shape index (κ1) is 12.9. The van der Waals surface area contributed by atoms with Gasteiger partial charge in [-0.25, -0.2) is 0 Å². The molecule has 0 spiro atoms. The molecule has 0 rings (SSSR count). The number of hydrogen-bond donors (Lipinski definition) is 2. The van der Waals surface area contributed by atoms with Crippen LogP contribution < -0.4 is 5.32 Å². The van der Waals surface area contributed by atoms with Gasteiger partial charge in [0, 0.05) is 6.54 Å². The fourth-order valence-electron chi connectivity index (χ4n) is 1.20. The molecule has 5 heteroatoms. The lowest BCUT2D eigenvalue weighted by Crippen LogP contribution is -2.43. The molecule has 0 fully saturated rings. The fraction of sp³-hybridized carbons (Fsp3) is 0.778. The summed E-state index contributed by atoms with van der Waals surface area (Å²) in [6.45, 7) is 2.11. The highest BCUT2D eigenvalue weighted by Crippen LogP contribution is 1.98. The summed E-state index contributed by atoms with van der Waals surface area (Å²) in [7, 11) is 3.65. The first-order valence-corrected chi connectivity index (χ1v) is 4.65. The molecule has 1 atom stereocenters. The predicted octanol–water partition coefficient (Wildman–Crippen LogP) is -0.0825. The molecule has 82 valence electrons. The van der Waals surface area contributed by atoms with E-state index in [1.807, 2.05) is 25.9 Å². The molecule has 0 aliphatic rings. The maximum atomic E-state index is 11.5. The van der Waals surface area contributed by atoms with Crippen molar-refractivity contribution in [2.45, 2.75) is 25.8 Å². The van der Waals surface area contributed by atoms with Crippen LogP contribution in [0.15, 0.2) is 0 Å². The highest BCUT2D eigenvalue weighted by molar-refractivity contribution is 5.82. The van der Waals surface area contributed by atoms with E-state index >= 15 is 0 Å². The number of nitrogens with one attached hydrogen (secondary N) is 1. The lowest BCUT2D eigenvalue weighted by Gasteiger charge is -2.21. The molecule has 1 amide bonds. The first-order chi connectivity index (χ1) is 6.49. The van der Waals surface area contributed by atoms with Crippen LogP contribution in [-0.4, -0.2) is 48.6 Å². The number of carbonyl (C=O) groups is 2. The van der Waals surface area contributed by atoms with Crippen molar-refractivity contribution in [3.05, 3.63) is 0 Å². The van der Waals surface area contributed by atoms with E-state index < -0.39 is 5.97 Å². The molecule has 5 nitrogen and oxygen atoms in total. The summed E-state index contributed by atoms with van der Waals surface area (Å²) in [6.07, 6.45) is 0.682. The average Bonchev–Trinajstić information content (AvgIpc) is 2.03. The Morgan fingerprint density at radius 1 is 1.43 bits per heavy atom. The molecule has 0 saturated carbocycles. The second-order valence-corrected chi connectivity index (χ2v) is 3.32. The van der Waals surface area contributed by atoms with Crippen LogP contribution in [0.4, 0.5) is 0 Å². The first-order valence-electron chi connectivity index (χ1n) is 4.65. The third-order valence-electron chi connectivity index (χ3n) is 1.95. The molecular weight excluding hydrogens is 185 g/mol. The second-order valence-electron chi connectivity index (χ2n) is 3.32. The van der Waals surface area contributed by atoms with Crippen molar-refractivity contribution in [1.82, 2.24) is 10.2 Å². The van der Waals surface area contributed by atoms with E-state index in [1.54, 1.807) is 0 Å². The molecule has 0 aliphatic carbocycles. The van der Waals surface area contributed by atoms with E-state index in [9.17, 15) is 9.59 Å². The van der Waals surface area contributed by atoms with E-state index in [0.717, 1.165) is 0 Å². The van der Waals surface area contributed by atoms with Crippen LogP contribution in [0.2, 0.25) is 0 Å². The van der Waals surface area contributed by atoms with Gasteiger partial charge in [0.1, 0.15) is 0 Å². The van der Waals surface area contributed by atoms with Crippen molar-refractivity contribution in [3.8, 4) is 0 Å². The zero-order valence-electron chi connectivity index (χ0n) is 8.91. The van der Waals surface area contributed by atoms with Crippen molar-refractivity contribution in [2.24, 2.45) is 0 Å². The summed E-state index contributed by atoms with van der Waals surface area (Å²) in [5.41, 5.74) is 0. The summed E-state index contributed by atoms with van der Waals surface area (Å²) in [4.78, 5) is 23.5. The second kappa shape index (κ2) is 6.37. The van der Waals surface area contributed by atoms with Crippen LogP contribution in [0.3, 0.4) is 0 Å². The SMILES string of the molecule is CN(C)C(C[13CH3])C(=O)NCCC(=O)O. The average molecular weight is 203 g/mol. The Labute approximate surface area is 84.1 Å². The third kappa shape index (κ3) is 4.81. The minimum Gasteiger partial charge on any atom is -0.481 e. The summed E-state index contributed by atoms with van der Waals surface area (Å²) in [5, 5.41) is 11.0. The van der Waals surface area contributed by atoms with Gasteiger partial charge in [0.05, 0.1) is 12.5 Å². The molecule has 0 bridgehead atoms. The van der Waals surface area contributed by atoms with E-state index in [1.165, 1.54) is 0 Å². The number of hydrogen-bond acceptors (Lipinski definition) is 3. The van der Waals surface area contributed by atoms with Gasteiger partial charge < -0.3 is 10.4 Å². The Bertz CT molecular complexity index is 204. The highest BCUT2D eigenvalue weighted by Gasteiger charge is 2.17. The molecule has 0 aromatic rings. The van der Waals surface area contributed by atoms with Crippen molar-refractivity contribution in [1.29, 1.82) is 0 Å². The van der Waals surface area contributed by atoms with E-state index in [0.29, 0.717) is 6.42 Å². The highest BCUT2D eigenvalue weighted by atomic mass is 16.4. The quantitative estimate of drug-likeness (QED) is 0.592. The predicted molar refractivity (Wildman–Crippen MR) is 53.0 cm³/mol. The maximum absolute atomic E-state index is 11.5. The van der Waals surface area contributed by atoms with Gasteiger partial charge >= 0.3 is 5.97 Å². The van der Waals surface area contributed by atoms with Crippen molar-refractivity contribution in [2.75, 3.05) is 20.6 Å². The van der Waals surface area contributed by atoms with Crippen LogP contribution in [0.1, 0.15) is 19.8 Å². The zero-order chi connectivity index (χ0) is 11.1. The van der Waals surface area contributed by atoms with Crippen LogP contribution in [0.5, 0.6) is 0 Å². The van der Waals surface area contributed by atoms with Gasteiger partial charge in [-0.2, -0.15) is 0 Å². The number of nitrogens with zero attached hydrogens (tertiary/aromatic N) is 1. The van der Waals surface area contributed by atoms with E-state index in [2.05, 4.69) is 5.32 Å². The third-order valence-corrected chi connectivity index (χ3v) is 1.95. The van der Waals surface area contributed by atoms with Crippen LogP contribution >= 0.6 is 0 Å².